The molecule has 0 bridgehead atoms. The number of ether oxygens (including phenoxy) is 1. The minimum absolute atomic E-state index is 0.118. The fraction of sp³-hybridized carbons (Fsp3) is 0.524. The van der Waals surface area contributed by atoms with Crippen LogP contribution in [0.1, 0.15) is 31.9 Å². The van der Waals surface area contributed by atoms with Gasteiger partial charge in [0.05, 0.1) is 12.7 Å². The normalized spacial score (nSPS) is 21.0. The van der Waals surface area contributed by atoms with E-state index in [1.54, 1.807) is 17.7 Å². The summed E-state index contributed by atoms with van der Waals surface area (Å²) >= 11 is 0. The number of H-pyrrole nitrogens is 1. The van der Waals surface area contributed by atoms with Crippen LogP contribution in [0.15, 0.2) is 16.9 Å². The standard InChI is InChI=1S/C21H27N7O2/c1-12-10-21(11-30-12)6-8-28(9-7-21)20-24-18-16(19(29)27(20)3)17(25-26-18)14-4-5-15(22)23-13(14)2/h4-5,12H,6-11H2,1-3H3,(H2,22,23)(H,25,26)/t12-/m0/s1. The van der Waals surface area contributed by atoms with Crippen molar-refractivity contribution in [3.63, 3.8) is 0 Å². The van der Waals surface area contributed by atoms with E-state index in [0.717, 1.165) is 50.2 Å². The highest BCUT2D eigenvalue weighted by Gasteiger charge is 2.41. The zero-order valence-electron chi connectivity index (χ0n) is 17.6. The Morgan fingerprint density at radius 2 is 2.03 bits per heavy atom. The third-order valence-electron chi connectivity index (χ3n) is 6.64. The summed E-state index contributed by atoms with van der Waals surface area (Å²) in [7, 11) is 1.78. The summed E-state index contributed by atoms with van der Waals surface area (Å²) in [4.78, 5) is 24.6. The van der Waals surface area contributed by atoms with Crippen LogP contribution < -0.4 is 16.2 Å². The predicted molar refractivity (Wildman–Crippen MR) is 115 cm³/mol. The molecule has 3 aromatic heterocycles. The van der Waals surface area contributed by atoms with Gasteiger partial charge in [-0.25, -0.2) is 4.98 Å². The molecule has 0 amide bonds. The Morgan fingerprint density at radius 3 is 2.70 bits per heavy atom. The van der Waals surface area contributed by atoms with E-state index in [9.17, 15) is 4.79 Å². The molecule has 3 N–H and O–H groups in total. The third-order valence-corrected chi connectivity index (χ3v) is 6.64. The van der Waals surface area contributed by atoms with Crippen LogP contribution in [-0.2, 0) is 11.8 Å². The van der Waals surface area contributed by atoms with Gasteiger partial charge in [0.1, 0.15) is 16.9 Å². The van der Waals surface area contributed by atoms with Crippen LogP contribution in [0.5, 0.6) is 0 Å². The molecule has 0 saturated carbocycles. The monoisotopic (exact) mass is 409 g/mol. The summed E-state index contributed by atoms with van der Waals surface area (Å²) < 4.78 is 7.47. The summed E-state index contributed by atoms with van der Waals surface area (Å²) in [5, 5.41) is 7.82. The first-order valence-corrected chi connectivity index (χ1v) is 10.4. The maximum atomic E-state index is 13.3. The van der Waals surface area contributed by atoms with Gasteiger partial charge in [0, 0.05) is 31.4 Å². The van der Waals surface area contributed by atoms with Gasteiger partial charge in [-0.3, -0.25) is 14.5 Å². The van der Waals surface area contributed by atoms with Crippen molar-refractivity contribution in [1.29, 1.82) is 0 Å². The predicted octanol–water partition coefficient (Wildman–Crippen LogP) is 2.00. The Kier molecular flexibility index (Phi) is 4.32. The molecule has 2 aliphatic rings. The number of hydrogen-bond acceptors (Lipinski definition) is 7. The number of piperidine rings is 1. The highest BCUT2D eigenvalue weighted by atomic mass is 16.5. The zero-order valence-corrected chi connectivity index (χ0v) is 17.6. The maximum absolute atomic E-state index is 13.3. The van der Waals surface area contributed by atoms with E-state index in [4.69, 9.17) is 15.5 Å². The van der Waals surface area contributed by atoms with Gasteiger partial charge in [0.2, 0.25) is 5.95 Å². The summed E-state index contributed by atoms with van der Waals surface area (Å²) in [6.07, 6.45) is 3.56. The fourth-order valence-corrected chi connectivity index (χ4v) is 4.93. The van der Waals surface area contributed by atoms with Crippen molar-refractivity contribution >= 4 is 22.8 Å². The summed E-state index contributed by atoms with van der Waals surface area (Å²) in [6, 6.07) is 3.56. The van der Waals surface area contributed by atoms with Crippen LogP contribution in [0.25, 0.3) is 22.3 Å². The molecule has 5 heterocycles. The number of nitrogen functional groups attached to an aromatic ring is 1. The van der Waals surface area contributed by atoms with Crippen LogP contribution >= 0.6 is 0 Å². The number of nitrogens with zero attached hydrogens (tertiary/aromatic N) is 5. The largest absolute Gasteiger partial charge is 0.384 e. The van der Waals surface area contributed by atoms with Gasteiger partial charge in [-0.05, 0) is 50.7 Å². The molecule has 9 heteroatoms. The number of rotatable bonds is 2. The Bertz CT molecular complexity index is 1170. The lowest BCUT2D eigenvalue weighted by atomic mass is 9.77. The number of hydrogen-bond donors (Lipinski definition) is 2. The lowest BCUT2D eigenvalue weighted by Gasteiger charge is -2.39. The average molecular weight is 409 g/mol. The number of nitrogens with one attached hydrogen (secondary N) is 1. The van der Waals surface area contributed by atoms with Crippen molar-refractivity contribution in [2.45, 2.75) is 39.2 Å². The molecule has 0 aromatic carbocycles. The van der Waals surface area contributed by atoms with Crippen molar-refractivity contribution in [3.8, 4) is 11.3 Å². The molecular weight excluding hydrogens is 382 g/mol. The van der Waals surface area contributed by atoms with Gasteiger partial charge < -0.3 is 15.4 Å². The molecule has 5 rings (SSSR count). The second kappa shape index (κ2) is 6.80. The van der Waals surface area contributed by atoms with Gasteiger partial charge in [-0.2, -0.15) is 10.1 Å². The van der Waals surface area contributed by atoms with Crippen LogP contribution in [0.3, 0.4) is 0 Å². The summed E-state index contributed by atoms with van der Waals surface area (Å²) in [6.45, 7) is 6.57. The second-order valence-electron chi connectivity index (χ2n) is 8.75. The van der Waals surface area contributed by atoms with Crippen molar-refractivity contribution in [2.24, 2.45) is 12.5 Å². The lowest BCUT2D eigenvalue weighted by molar-refractivity contribution is 0.0974. The number of nitrogens with two attached hydrogens (primary N) is 1. The quantitative estimate of drug-likeness (QED) is 0.665. The molecule has 0 unspecified atom stereocenters. The molecule has 2 saturated heterocycles. The van der Waals surface area contributed by atoms with E-state index >= 15 is 0 Å². The van der Waals surface area contributed by atoms with E-state index < -0.39 is 0 Å². The van der Waals surface area contributed by atoms with Crippen LogP contribution in [-0.4, -0.2) is 50.5 Å². The van der Waals surface area contributed by atoms with E-state index in [2.05, 4.69) is 27.0 Å². The van der Waals surface area contributed by atoms with Crippen molar-refractivity contribution in [3.05, 3.63) is 28.2 Å². The molecule has 2 aliphatic heterocycles. The lowest BCUT2D eigenvalue weighted by Crippen LogP contribution is -2.43. The molecule has 1 spiro atoms. The number of fused-ring (bicyclic) bond motifs is 1. The Hall–Kier alpha value is -2.94. The molecule has 0 radical (unpaired) electrons. The molecule has 158 valence electrons. The minimum atomic E-state index is -0.118. The molecule has 0 aliphatic carbocycles. The number of aromatic nitrogens is 5. The van der Waals surface area contributed by atoms with Crippen LogP contribution in [0, 0.1) is 12.3 Å². The first-order valence-electron chi connectivity index (χ1n) is 10.4. The smallest absolute Gasteiger partial charge is 0.266 e. The van der Waals surface area contributed by atoms with E-state index in [1.165, 1.54) is 0 Å². The molecular formula is C21H27N7O2. The first-order chi connectivity index (χ1) is 14.4. The highest BCUT2D eigenvalue weighted by molar-refractivity contribution is 5.91. The Labute approximate surface area is 174 Å². The Morgan fingerprint density at radius 1 is 1.27 bits per heavy atom. The van der Waals surface area contributed by atoms with Gasteiger partial charge in [-0.15, -0.1) is 0 Å². The van der Waals surface area contributed by atoms with Gasteiger partial charge in [0.25, 0.3) is 5.56 Å². The van der Waals surface area contributed by atoms with Gasteiger partial charge >= 0.3 is 0 Å². The number of pyridine rings is 1. The minimum Gasteiger partial charge on any atom is -0.384 e. The fourth-order valence-electron chi connectivity index (χ4n) is 4.93. The summed E-state index contributed by atoms with van der Waals surface area (Å²) in [5.41, 5.74) is 8.49. The van der Waals surface area contributed by atoms with Crippen molar-refractivity contribution < 1.29 is 4.74 Å². The summed E-state index contributed by atoms with van der Waals surface area (Å²) in [5.74, 6) is 1.12. The topological polar surface area (TPSA) is 115 Å². The van der Waals surface area contributed by atoms with Crippen molar-refractivity contribution in [2.75, 3.05) is 30.3 Å². The average Bonchev–Trinajstić information content (AvgIpc) is 3.29. The molecule has 2 fully saturated rings. The van der Waals surface area contributed by atoms with Crippen molar-refractivity contribution in [1.82, 2.24) is 24.7 Å². The zero-order chi connectivity index (χ0) is 21.0. The molecule has 3 aromatic rings. The van der Waals surface area contributed by atoms with Crippen LogP contribution in [0.4, 0.5) is 11.8 Å². The maximum Gasteiger partial charge on any atom is 0.266 e. The number of aromatic amines is 1. The number of anilines is 2. The first kappa shape index (κ1) is 19.0. The molecule has 9 nitrogen and oxygen atoms in total. The SMILES string of the molecule is Cc1nc(N)ccc1-c1n[nH]c2nc(N3CCC4(CC3)CO[C@@H](C)C4)n(C)c(=O)c12. The molecule has 30 heavy (non-hydrogen) atoms. The van der Waals surface area contributed by atoms with Gasteiger partial charge in [-0.1, -0.05) is 0 Å². The Balaban J connectivity index is 1.50. The third kappa shape index (κ3) is 2.96. The molecule has 1 atom stereocenters. The van der Waals surface area contributed by atoms with E-state index in [-0.39, 0.29) is 11.0 Å². The van der Waals surface area contributed by atoms with Gasteiger partial charge in [0.15, 0.2) is 5.65 Å². The number of aryl methyl sites for hydroxylation is 1. The second-order valence-corrected chi connectivity index (χ2v) is 8.75. The van der Waals surface area contributed by atoms with Crippen LogP contribution in [0.2, 0.25) is 0 Å². The van der Waals surface area contributed by atoms with E-state index in [1.807, 2.05) is 13.0 Å². The van der Waals surface area contributed by atoms with E-state index in [0.29, 0.717) is 34.6 Å². The highest BCUT2D eigenvalue weighted by Crippen LogP contribution is 2.42.